The van der Waals surface area contributed by atoms with E-state index in [4.69, 9.17) is 4.98 Å². The van der Waals surface area contributed by atoms with Crippen LogP contribution in [-0.2, 0) is 0 Å². The van der Waals surface area contributed by atoms with Gasteiger partial charge in [0.25, 0.3) is 0 Å². The van der Waals surface area contributed by atoms with Gasteiger partial charge in [0.15, 0.2) is 5.82 Å². The average molecular weight is 367 g/mol. The molecule has 1 aromatic heterocycles. The monoisotopic (exact) mass is 367 g/mol. The quantitative estimate of drug-likeness (QED) is 0.420. The molecular weight excluding hydrogens is 342 g/mol. The summed E-state index contributed by atoms with van der Waals surface area (Å²) in [6.07, 6.45) is 0. The minimum Gasteiger partial charge on any atom is -0.338 e. The summed E-state index contributed by atoms with van der Waals surface area (Å²) in [7, 11) is 0. The first-order valence-electron chi connectivity index (χ1n) is 9.60. The highest BCUT2D eigenvalue weighted by Crippen LogP contribution is 2.36. The molecule has 0 radical (unpaired) electrons. The lowest BCUT2D eigenvalue weighted by atomic mass is 10.00. The van der Waals surface area contributed by atoms with Crippen LogP contribution in [0.3, 0.4) is 0 Å². The molecular formula is C25H25N3. The summed E-state index contributed by atoms with van der Waals surface area (Å²) < 4.78 is 0. The Kier molecular flexibility index (Phi) is 4.74. The van der Waals surface area contributed by atoms with Crippen molar-refractivity contribution in [1.29, 1.82) is 0 Å². The van der Waals surface area contributed by atoms with E-state index in [1.54, 1.807) is 0 Å². The first-order chi connectivity index (χ1) is 13.5. The number of nitrogens with zero attached hydrogens (tertiary/aromatic N) is 1. The maximum absolute atomic E-state index is 4.95. The molecule has 0 atom stereocenters. The molecule has 0 amide bonds. The zero-order valence-corrected chi connectivity index (χ0v) is 16.8. The molecule has 0 spiro atoms. The molecule has 0 saturated heterocycles. The van der Waals surface area contributed by atoms with Crippen LogP contribution in [0.25, 0.3) is 22.6 Å². The molecule has 0 unspecified atom stereocenters. The molecule has 28 heavy (non-hydrogen) atoms. The van der Waals surface area contributed by atoms with Gasteiger partial charge in [-0.05, 0) is 49.9 Å². The highest BCUT2D eigenvalue weighted by atomic mass is 15.1. The second kappa shape index (κ2) is 7.35. The van der Waals surface area contributed by atoms with Gasteiger partial charge in [0, 0.05) is 16.8 Å². The van der Waals surface area contributed by atoms with Gasteiger partial charge in [-0.3, -0.25) is 0 Å². The molecule has 0 aliphatic carbocycles. The molecule has 140 valence electrons. The van der Waals surface area contributed by atoms with Crippen LogP contribution in [0.15, 0.2) is 66.7 Å². The molecule has 0 saturated carbocycles. The topological polar surface area (TPSA) is 40.7 Å². The molecule has 2 N–H and O–H groups in total. The number of H-pyrrole nitrogens is 1. The second-order valence-electron chi connectivity index (χ2n) is 7.33. The van der Waals surface area contributed by atoms with Crippen LogP contribution in [0, 0.1) is 27.7 Å². The van der Waals surface area contributed by atoms with E-state index in [1.165, 1.54) is 27.8 Å². The van der Waals surface area contributed by atoms with E-state index >= 15 is 0 Å². The van der Waals surface area contributed by atoms with Crippen LogP contribution >= 0.6 is 0 Å². The molecule has 0 bridgehead atoms. The van der Waals surface area contributed by atoms with Crippen molar-refractivity contribution in [2.24, 2.45) is 0 Å². The Balaban J connectivity index is 1.90. The third-order valence-electron chi connectivity index (χ3n) is 5.21. The highest BCUT2D eigenvalue weighted by molar-refractivity contribution is 5.83. The standard InChI is InChI=1S/C25H25N3/c1-16-10-8-11-17(2)21(16)23-25(26-22-18(3)12-9-13-19(22)4)28-24(27-23)20-14-6-5-7-15-20/h5-15,26H,1-4H3,(H,27,28). The maximum Gasteiger partial charge on any atom is 0.157 e. The molecule has 1 heterocycles. The van der Waals surface area contributed by atoms with Crippen molar-refractivity contribution in [2.45, 2.75) is 27.7 Å². The molecule has 0 fully saturated rings. The number of rotatable bonds is 4. The van der Waals surface area contributed by atoms with Gasteiger partial charge in [-0.1, -0.05) is 66.7 Å². The van der Waals surface area contributed by atoms with Crippen molar-refractivity contribution in [3.05, 3.63) is 89.0 Å². The third kappa shape index (κ3) is 3.31. The lowest BCUT2D eigenvalue weighted by Gasteiger charge is -2.14. The normalized spacial score (nSPS) is 10.9. The smallest absolute Gasteiger partial charge is 0.157 e. The van der Waals surface area contributed by atoms with E-state index in [-0.39, 0.29) is 0 Å². The Labute approximate surface area is 166 Å². The van der Waals surface area contributed by atoms with Crippen LogP contribution in [0.1, 0.15) is 22.3 Å². The van der Waals surface area contributed by atoms with E-state index in [1.807, 2.05) is 18.2 Å². The van der Waals surface area contributed by atoms with Crippen molar-refractivity contribution in [1.82, 2.24) is 9.97 Å². The Morgan fingerprint density at radius 2 is 1.25 bits per heavy atom. The summed E-state index contributed by atoms with van der Waals surface area (Å²) >= 11 is 0. The fourth-order valence-corrected chi connectivity index (χ4v) is 3.72. The highest BCUT2D eigenvalue weighted by Gasteiger charge is 2.18. The minimum atomic E-state index is 0.855. The van der Waals surface area contributed by atoms with Crippen LogP contribution in [0.5, 0.6) is 0 Å². The number of imidazole rings is 1. The van der Waals surface area contributed by atoms with Gasteiger partial charge in [-0.25, -0.2) is 4.98 Å². The van der Waals surface area contributed by atoms with Gasteiger partial charge in [-0.2, -0.15) is 0 Å². The summed E-state index contributed by atoms with van der Waals surface area (Å²) in [6.45, 7) is 8.54. The Morgan fingerprint density at radius 3 is 1.86 bits per heavy atom. The van der Waals surface area contributed by atoms with E-state index in [0.717, 1.165) is 28.6 Å². The van der Waals surface area contributed by atoms with Gasteiger partial charge in [0.05, 0.1) is 5.69 Å². The minimum absolute atomic E-state index is 0.855. The molecule has 4 aromatic rings. The predicted octanol–water partition coefficient (Wildman–Crippen LogP) is 6.72. The number of hydrogen-bond acceptors (Lipinski definition) is 2. The maximum atomic E-state index is 4.95. The van der Waals surface area contributed by atoms with E-state index in [9.17, 15) is 0 Å². The molecule has 0 aliphatic heterocycles. The summed E-state index contributed by atoms with van der Waals surface area (Å²) in [6, 6.07) is 23.0. The Hall–Kier alpha value is -3.33. The van der Waals surface area contributed by atoms with Gasteiger partial charge >= 0.3 is 0 Å². The number of hydrogen-bond donors (Lipinski definition) is 2. The Morgan fingerprint density at radius 1 is 0.679 bits per heavy atom. The lowest BCUT2D eigenvalue weighted by Crippen LogP contribution is -1.99. The summed E-state index contributed by atoms with van der Waals surface area (Å²) in [5, 5.41) is 3.61. The molecule has 3 aromatic carbocycles. The number of para-hydroxylation sites is 1. The van der Waals surface area contributed by atoms with Gasteiger partial charge < -0.3 is 10.3 Å². The van der Waals surface area contributed by atoms with E-state index in [2.05, 4.69) is 86.5 Å². The average Bonchev–Trinajstić information content (AvgIpc) is 3.09. The SMILES string of the molecule is Cc1cccc(C)c1Nc1nc(-c2ccccc2)[nH]c1-c1c(C)cccc1C. The van der Waals surface area contributed by atoms with Gasteiger partial charge in [0.2, 0.25) is 0 Å². The van der Waals surface area contributed by atoms with Crippen LogP contribution < -0.4 is 5.32 Å². The first kappa shape index (κ1) is 18.1. The van der Waals surface area contributed by atoms with Crippen molar-refractivity contribution in [3.63, 3.8) is 0 Å². The predicted molar refractivity (Wildman–Crippen MR) is 118 cm³/mol. The zero-order chi connectivity index (χ0) is 19.7. The second-order valence-corrected chi connectivity index (χ2v) is 7.33. The summed E-state index contributed by atoms with van der Waals surface area (Å²) in [4.78, 5) is 8.53. The number of anilines is 2. The van der Waals surface area contributed by atoms with Crippen molar-refractivity contribution in [2.75, 3.05) is 5.32 Å². The number of benzene rings is 3. The molecule has 3 nitrogen and oxygen atoms in total. The molecule has 3 heteroatoms. The van der Waals surface area contributed by atoms with Crippen molar-refractivity contribution < 1.29 is 0 Å². The van der Waals surface area contributed by atoms with Gasteiger partial charge in [-0.15, -0.1) is 0 Å². The van der Waals surface area contributed by atoms with E-state index in [0.29, 0.717) is 0 Å². The lowest BCUT2D eigenvalue weighted by molar-refractivity contribution is 1.29. The van der Waals surface area contributed by atoms with Crippen LogP contribution in [0.2, 0.25) is 0 Å². The Bertz CT molecular complexity index is 1080. The van der Waals surface area contributed by atoms with Gasteiger partial charge in [0.1, 0.15) is 5.82 Å². The fourth-order valence-electron chi connectivity index (χ4n) is 3.72. The number of aromatic nitrogens is 2. The van der Waals surface area contributed by atoms with Crippen LogP contribution in [0.4, 0.5) is 11.5 Å². The molecule has 4 rings (SSSR count). The third-order valence-corrected chi connectivity index (χ3v) is 5.21. The van der Waals surface area contributed by atoms with E-state index < -0.39 is 0 Å². The number of aromatic amines is 1. The van der Waals surface area contributed by atoms with Crippen molar-refractivity contribution in [3.8, 4) is 22.6 Å². The first-order valence-corrected chi connectivity index (χ1v) is 9.60. The fraction of sp³-hybridized carbons (Fsp3) is 0.160. The van der Waals surface area contributed by atoms with Crippen molar-refractivity contribution >= 4 is 11.5 Å². The van der Waals surface area contributed by atoms with Crippen LogP contribution in [-0.4, -0.2) is 9.97 Å². The number of aryl methyl sites for hydroxylation is 4. The number of nitrogens with one attached hydrogen (secondary N) is 2. The largest absolute Gasteiger partial charge is 0.338 e. The zero-order valence-electron chi connectivity index (χ0n) is 16.8. The molecule has 0 aliphatic rings. The summed E-state index contributed by atoms with van der Waals surface area (Å²) in [5.41, 5.74) is 9.28. The summed E-state index contributed by atoms with van der Waals surface area (Å²) in [5.74, 6) is 1.72.